The van der Waals surface area contributed by atoms with Crippen LogP contribution < -0.4 is 0 Å². The zero-order valence-electron chi connectivity index (χ0n) is 19.6. The van der Waals surface area contributed by atoms with Crippen LogP contribution in [0.25, 0.3) is 5.13 Å². The van der Waals surface area contributed by atoms with Crippen molar-refractivity contribution in [2.24, 2.45) is 5.92 Å². The number of amides is 1. The third-order valence-electron chi connectivity index (χ3n) is 5.28. The van der Waals surface area contributed by atoms with Gasteiger partial charge >= 0.3 is 12.1 Å². The van der Waals surface area contributed by atoms with Crippen molar-refractivity contribution in [3.63, 3.8) is 0 Å². The molecule has 0 saturated carbocycles. The number of hydrogen-bond acceptors (Lipinski definition) is 7. The van der Waals surface area contributed by atoms with E-state index >= 15 is 0 Å². The number of nitrogens with zero attached hydrogens (tertiary/aromatic N) is 3. The van der Waals surface area contributed by atoms with Crippen molar-refractivity contribution < 1.29 is 23.9 Å². The van der Waals surface area contributed by atoms with Crippen LogP contribution in [0.4, 0.5) is 4.79 Å². The molecule has 0 aromatic carbocycles. The summed E-state index contributed by atoms with van der Waals surface area (Å²) in [6.45, 7) is 11.6. The van der Waals surface area contributed by atoms with Gasteiger partial charge in [-0.1, -0.05) is 0 Å². The zero-order valence-corrected chi connectivity index (χ0v) is 20.4. The van der Waals surface area contributed by atoms with Gasteiger partial charge < -0.3 is 14.4 Å². The lowest BCUT2D eigenvalue weighted by Crippen LogP contribution is -2.45. The molecule has 1 fully saturated rings. The van der Waals surface area contributed by atoms with Gasteiger partial charge in [0.15, 0.2) is 11.7 Å². The molecule has 1 unspecified atom stereocenters. The quantitative estimate of drug-likeness (QED) is 0.489. The average molecular weight is 462 g/mol. The molecular weight excluding hydrogens is 430 g/mol. The lowest BCUT2D eigenvalue weighted by atomic mass is 9.98. The maximum atomic E-state index is 12.8. The highest BCUT2D eigenvalue weighted by atomic mass is 32.1. The first-order valence-corrected chi connectivity index (χ1v) is 11.6. The minimum atomic E-state index is -0.597. The first kappa shape index (κ1) is 24.0. The highest BCUT2D eigenvalue weighted by molar-refractivity contribution is 7.12. The Bertz CT molecular complexity index is 1020. The summed E-state index contributed by atoms with van der Waals surface area (Å²) in [6.07, 6.45) is 0.863. The Labute approximate surface area is 192 Å². The summed E-state index contributed by atoms with van der Waals surface area (Å²) in [7, 11) is 0. The molecule has 0 bridgehead atoms. The number of carbonyl (C=O) groups is 3. The molecule has 1 aliphatic rings. The summed E-state index contributed by atoms with van der Waals surface area (Å²) in [5.74, 6) is -1.18. The lowest BCUT2D eigenvalue weighted by molar-refractivity contribution is -0.149. The number of esters is 1. The number of ether oxygens (including phenoxy) is 2. The molecule has 0 radical (unpaired) electrons. The molecule has 174 valence electrons. The van der Waals surface area contributed by atoms with Gasteiger partial charge in [-0.25, -0.2) is 9.78 Å². The van der Waals surface area contributed by atoms with E-state index in [-0.39, 0.29) is 18.9 Å². The third kappa shape index (κ3) is 5.56. The Kier molecular flexibility index (Phi) is 7.07. The van der Waals surface area contributed by atoms with Crippen LogP contribution in [-0.2, 0) is 14.3 Å². The fourth-order valence-corrected chi connectivity index (χ4v) is 4.69. The number of thiazole rings is 1. The summed E-state index contributed by atoms with van der Waals surface area (Å²) >= 11 is 1.51. The van der Waals surface area contributed by atoms with Gasteiger partial charge in [-0.05, 0) is 60.5 Å². The van der Waals surface area contributed by atoms with Crippen LogP contribution in [0.5, 0.6) is 0 Å². The number of ketones is 1. The number of rotatable bonds is 5. The van der Waals surface area contributed by atoms with Crippen molar-refractivity contribution in [1.82, 2.24) is 14.5 Å². The summed E-state index contributed by atoms with van der Waals surface area (Å²) in [5.41, 5.74) is 2.51. The summed E-state index contributed by atoms with van der Waals surface area (Å²) in [6, 6.07) is 1.80. The van der Waals surface area contributed by atoms with E-state index in [1.807, 2.05) is 30.7 Å². The van der Waals surface area contributed by atoms with Crippen molar-refractivity contribution in [1.29, 1.82) is 0 Å². The lowest BCUT2D eigenvalue weighted by Gasteiger charge is -2.33. The van der Waals surface area contributed by atoms with Crippen LogP contribution >= 0.6 is 11.3 Å². The number of hydrogen-bond donors (Lipinski definition) is 0. The van der Waals surface area contributed by atoms with Crippen LogP contribution in [-0.4, -0.2) is 57.6 Å². The topological polar surface area (TPSA) is 90.7 Å². The molecule has 3 rings (SSSR count). The highest BCUT2D eigenvalue weighted by Gasteiger charge is 2.32. The maximum Gasteiger partial charge on any atom is 0.410 e. The Balaban J connectivity index is 1.60. The first-order chi connectivity index (χ1) is 15.0. The Morgan fingerprint density at radius 2 is 1.94 bits per heavy atom. The van der Waals surface area contributed by atoms with Gasteiger partial charge in [-0.2, -0.15) is 0 Å². The first-order valence-electron chi connectivity index (χ1n) is 10.8. The average Bonchev–Trinajstić information content (AvgIpc) is 3.26. The second kappa shape index (κ2) is 9.44. The molecule has 1 saturated heterocycles. The number of Topliss-reactive ketones (excluding diaryl/α,β-unsaturated/α-hetero) is 1. The summed E-state index contributed by atoms with van der Waals surface area (Å²) in [5, 5.41) is 2.76. The van der Waals surface area contributed by atoms with Crippen LogP contribution in [0.3, 0.4) is 0 Å². The van der Waals surface area contributed by atoms with E-state index in [1.165, 1.54) is 16.2 Å². The molecule has 32 heavy (non-hydrogen) atoms. The molecule has 0 N–H and O–H groups in total. The van der Waals surface area contributed by atoms with Gasteiger partial charge in [-0.15, -0.1) is 11.3 Å². The second-order valence-corrected chi connectivity index (χ2v) is 10.0. The van der Waals surface area contributed by atoms with E-state index < -0.39 is 23.6 Å². The van der Waals surface area contributed by atoms with E-state index in [1.54, 1.807) is 26.8 Å². The van der Waals surface area contributed by atoms with Gasteiger partial charge in [0, 0.05) is 35.4 Å². The number of piperidine rings is 1. The van der Waals surface area contributed by atoms with E-state index in [0.717, 1.165) is 22.2 Å². The molecule has 2 aromatic rings. The van der Waals surface area contributed by atoms with Crippen molar-refractivity contribution in [3.05, 3.63) is 34.1 Å². The van der Waals surface area contributed by atoms with Gasteiger partial charge in [0.1, 0.15) is 5.60 Å². The minimum Gasteiger partial charge on any atom is -0.457 e. The van der Waals surface area contributed by atoms with E-state index in [2.05, 4.69) is 4.98 Å². The number of aryl methyl sites for hydroxylation is 2. The van der Waals surface area contributed by atoms with Crippen molar-refractivity contribution in [2.75, 3.05) is 19.7 Å². The van der Waals surface area contributed by atoms with Crippen molar-refractivity contribution >= 4 is 29.2 Å². The molecule has 3 heterocycles. The predicted molar refractivity (Wildman–Crippen MR) is 121 cm³/mol. The van der Waals surface area contributed by atoms with Crippen LogP contribution in [0.1, 0.15) is 61.1 Å². The highest BCUT2D eigenvalue weighted by Crippen LogP contribution is 2.24. The van der Waals surface area contributed by atoms with Gasteiger partial charge in [0.25, 0.3) is 0 Å². The molecule has 2 aromatic heterocycles. The molecule has 1 aliphatic heterocycles. The van der Waals surface area contributed by atoms with Gasteiger partial charge in [0.05, 0.1) is 11.6 Å². The van der Waals surface area contributed by atoms with Crippen LogP contribution in [0.2, 0.25) is 0 Å². The third-order valence-corrected chi connectivity index (χ3v) is 6.23. The Hall–Kier alpha value is -2.68. The Morgan fingerprint density at radius 1 is 1.22 bits per heavy atom. The smallest absolute Gasteiger partial charge is 0.410 e. The van der Waals surface area contributed by atoms with Gasteiger partial charge in [0.2, 0.25) is 5.78 Å². The number of aromatic nitrogens is 2. The minimum absolute atomic E-state index is 0.236. The van der Waals surface area contributed by atoms with Crippen molar-refractivity contribution in [3.8, 4) is 5.13 Å². The molecule has 1 amide bonds. The Morgan fingerprint density at radius 3 is 2.56 bits per heavy atom. The van der Waals surface area contributed by atoms with Crippen LogP contribution in [0, 0.1) is 26.7 Å². The maximum absolute atomic E-state index is 12.8. The summed E-state index contributed by atoms with van der Waals surface area (Å²) < 4.78 is 12.7. The molecule has 0 aliphatic carbocycles. The largest absolute Gasteiger partial charge is 0.457 e. The number of carbonyl (C=O) groups excluding carboxylic acids is 3. The van der Waals surface area contributed by atoms with E-state index in [4.69, 9.17) is 9.47 Å². The zero-order chi connectivity index (χ0) is 23.6. The predicted octanol–water partition coefficient (Wildman–Crippen LogP) is 4.23. The van der Waals surface area contributed by atoms with Crippen molar-refractivity contribution in [2.45, 2.75) is 60.0 Å². The fraction of sp³-hybridized carbons (Fsp3) is 0.565. The second-order valence-electron chi connectivity index (χ2n) is 9.19. The molecule has 0 spiro atoms. The van der Waals surface area contributed by atoms with E-state index in [0.29, 0.717) is 24.9 Å². The SMILES string of the molecule is Cc1csc(-n2c(C)cc(C(=O)COC(=O)C3CCCN(C(=O)OC(C)(C)C)C3)c2C)n1. The fourth-order valence-electron chi connectivity index (χ4n) is 3.78. The van der Waals surface area contributed by atoms with E-state index in [9.17, 15) is 14.4 Å². The van der Waals surface area contributed by atoms with Crippen LogP contribution in [0.15, 0.2) is 11.4 Å². The standard InChI is InChI=1S/C23H31N3O5S/c1-14-13-32-21(24-14)26-15(2)10-18(16(26)3)19(27)12-30-20(28)17-8-7-9-25(11-17)22(29)31-23(4,5)6/h10,13,17H,7-9,11-12H2,1-6H3. The molecular formula is C23H31N3O5S. The van der Waals surface area contributed by atoms with Gasteiger partial charge in [-0.3, -0.25) is 14.2 Å². The molecule has 8 nitrogen and oxygen atoms in total. The number of likely N-dealkylation sites (tertiary alicyclic amines) is 1. The summed E-state index contributed by atoms with van der Waals surface area (Å²) in [4.78, 5) is 43.7. The normalized spacial score (nSPS) is 16.7. The monoisotopic (exact) mass is 461 g/mol. The molecule has 9 heteroatoms. The molecule has 1 atom stereocenters.